The second-order valence-corrected chi connectivity index (χ2v) is 10.2. The Morgan fingerprint density at radius 3 is 2.46 bits per heavy atom. The number of alkyl carbamates (subject to hydrolysis) is 1. The summed E-state index contributed by atoms with van der Waals surface area (Å²) >= 11 is 0. The van der Waals surface area contributed by atoms with Gasteiger partial charge < -0.3 is 10.5 Å². The number of nitrogens with one attached hydrogen (secondary N) is 1. The first-order valence-electron chi connectivity index (χ1n) is 9.09. The number of nitrogens with zero attached hydrogens (tertiary/aromatic N) is 2. The number of rotatable bonds is 1. The van der Waals surface area contributed by atoms with Gasteiger partial charge in [0.1, 0.15) is 16.7 Å². The summed E-state index contributed by atoms with van der Waals surface area (Å²) in [5, 5.41) is 1.30. The maximum Gasteiger partial charge on any atom is 0.413 e. The van der Waals surface area contributed by atoms with Crippen LogP contribution in [0.2, 0.25) is 0 Å². The Morgan fingerprint density at radius 2 is 1.93 bits per heavy atom. The number of amides is 1. The fourth-order valence-electron chi connectivity index (χ4n) is 2.26. The molecule has 1 aliphatic carbocycles. The number of halogens is 1. The number of aliphatic imine (C=N–C) groups is 1. The van der Waals surface area contributed by atoms with Crippen LogP contribution in [-0.2, 0) is 14.6 Å². The predicted octanol–water partition coefficient (Wildman–Crippen LogP) is 2.75. The smallest absolute Gasteiger partial charge is 0.413 e. The van der Waals surface area contributed by atoms with E-state index in [2.05, 4.69) is 15.3 Å². The molecule has 2 heterocycles. The highest BCUT2D eigenvalue weighted by Crippen LogP contribution is 2.28. The molecule has 2 unspecified atom stereocenters. The number of nitrogen functional groups attached to an aromatic ring is 1. The van der Waals surface area contributed by atoms with Crippen molar-refractivity contribution in [2.24, 2.45) is 4.99 Å². The van der Waals surface area contributed by atoms with Gasteiger partial charge in [0.05, 0.1) is 23.7 Å². The largest absolute Gasteiger partial charge is 0.444 e. The highest BCUT2D eigenvalue weighted by Gasteiger charge is 2.37. The molecule has 28 heavy (non-hydrogen) atoms. The summed E-state index contributed by atoms with van der Waals surface area (Å²) in [7, 11) is -3.66. The number of hydrogen-bond acceptors (Lipinski definition) is 7. The van der Waals surface area contributed by atoms with Gasteiger partial charge in [-0.05, 0) is 33.8 Å². The molecule has 0 spiro atoms. The quantitative estimate of drug-likeness (QED) is 0.681. The maximum absolute atomic E-state index is 14.0. The van der Waals surface area contributed by atoms with Crippen molar-refractivity contribution < 1.29 is 22.3 Å². The summed E-state index contributed by atoms with van der Waals surface area (Å²) in [6, 6.07) is 0.231. The van der Waals surface area contributed by atoms with Gasteiger partial charge in [-0.15, -0.1) is 0 Å². The number of nitrogens with two attached hydrogens (primary N) is 1. The Kier molecular flexibility index (Phi) is 6.63. The van der Waals surface area contributed by atoms with E-state index < -0.39 is 44.5 Å². The zero-order valence-corrected chi connectivity index (χ0v) is 17.3. The van der Waals surface area contributed by atoms with Crippen LogP contribution in [0, 0.1) is 5.95 Å². The van der Waals surface area contributed by atoms with Crippen molar-refractivity contribution in [3.8, 4) is 0 Å². The topological polar surface area (TPSA) is 124 Å². The fraction of sp³-hybridized carbons (Fsp3) is 0.611. The van der Waals surface area contributed by atoms with E-state index in [1.165, 1.54) is 32.3 Å². The van der Waals surface area contributed by atoms with Crippen molar-refractivity contribution in [3.63, 3.8) is 0 Å². The molecule has 1 aliphatic heterocycles. The highest BCUT2D eigenvalue weighted by molar-refractivity contribution is 7.92. The molecule has 1 saturated carbocycles. The van der Waals surface area contributed by atoms with Crippen LogP contribution < -0.4 is 11.1 Å². The number of carbonyl (C=O) groups excluding carboxylic acids is 1. The number of aromatic nitrogens is 1. The van der Waals surface area contributed by atoms with Crippen molar-refractivity contribution in [2.45, 2.75) is 63.9 Å². The molecule has 10 heteroatoms. The van der Waals surface area contributed by atoms with Crippen LogP contribution >= 0.6 is 0 Å². The Balaban J connectivity index is 0.000000849. The average molecular weight is 415 g/mol. The molecule has 2 atom stereocenters. The minimum absolute atomic E-state index is 0.0426. The van der Waals surface area contributed by atoms with Gasteiger partial charge >= 0.3 is 6.09 Å². The lowest BCUT2D eigenvalue weighted by atomic mass is 10.1. The van der Waals surface area contributed by atoms with E-state index in [-0.39, 0.29) is 17.1 Å². The van der Waals surface area contributed by atoms with Crippen LogP contribution in [0.25, 0.3) is 0 Å². The lowest BCUT2D eigenvalue weighted by Crippen LogP contribution is -2.47. The number of pyridine rings is 1. The van der Waals surface area contributed by atoms with Gasteiger partial charge in [0.2, 0.25) is 5.95 Å². The normalized spacial score (nSPS) is 23.0. The van der Waals surface area contributed by atoms with E-state index in [9.17, 15) is 17.6 Å². The molecule has 156 valence electrons. The third-order valence-corrected chi connectivity index (χ3v) is 5.92. The third kappa shape index (κ3) is 6.43. The molecular weight excluding hydrogens is 387 g/mol. The molecule has 1 aromatic rings. The van der Waals surface area contributed by atoms with Gasteiger partial charge in [-0.3, -0.25) is 10.3 Å². The zero-order chi connectivity index (χ0) is 21.1. The molecule has 0 aromatic carbocycles. The van der Waals surface area contributed by atoms with Crippen LogP contribution in [0.5, 0.6) is 0 Å². The Morgan fingerprint density at radius 1 is 1.32 bits per heavy atom. The second kappa shape index (κ2) is 8.42. The molecule has 1 amide bonds. The van der Waals surface area contributed by atoms with Crippen LogP contribution in [0.1, 0.15) is 58.6 Å². The minimum Gasteiger partial charge on any atom is -0.444 e. The first kappa shape index (κ1) is 22.1. The molecule has 1 aromatic heterocycles. The summed E-state index contributed by atoms with van der Waals surface area (Å²) in [6.45, 7) is 6.42. The lowest BCUT2D eigenvalue weighted by molar-refractivity contribution is 0.0562. The van der Waals surface area contributed by atoms with Crippen LogP contribution in [0.15, 0.2) is 17.3 Å². The van der Waals surface area contributed by atoms with Gasteiger partial charge in [0, 0.05) is 5.56 Å². The maximum atomic E-state index is 14.0. The summed E-state index contributed by atoms with van der Waals surface area (Å²) in [5.41, 5.74) is 4.98. The number of sulfone groups is 1. The Bertz CT molecular complexity index is 860. The Labute approximate surface area is 164 Å². The standard InChI is InChI=1S/C15H21FN4O4S.C3H6/c1-8-13(20-14(21)24-15(2,3)4)19-11(7-25(8,22)23)10-5-9(17)6-18-12(10)16;1-2-3-1/h5-6,8,11H,7,17H2,1-4H3,(H,19,20,21);1-3H2. The molecule has 3 N–H and O–H groups in total. The van der Waals surface area contributed by atoms with Gasteiger partial charge in [0.25, 0.3) is 0 Å². The van der Waals surface area contributed by atoms with Crippen molar-refractivity contribution in [1.82, 2.24) is 10.3 Å². The molecule has 0 saturated heterocycles. The number of hydrogen-bond donors (Lipinski definition) is 2. The molecule has 2 aliphatic rings. The summed E-state index contributed by atoms with van der Waals surface area (Å²) in [5.74, 6) is -1.37. The van der Waals surface area contributed by atoms with Crippen molar-refractivity contribution >= 4 is 27.5 Å². The fourth-order valence-corrected chi connectivity index (χ4v) is 3.70. The number of ether oxygens (including phenoxy) is 1. The first-order chi connectivity index (χ1) is 12.9. The van der Waals surface area contributed by atoms with E-state index in [1.54, 1.807) is 20.8 Å². The average Bonchev–Trinajstić information content (AvgIpc) is 3.41. The van der Waals surface area contributed by atoms with Gasteiger partial charge in [-0.1, -0.05) is 19.3 Å². The van der Waals surface area contributed by atoms with E-state index in [4.69, 9.17) is 10.5 Å². The molecule has 0 radical (unpaired) electrons. The molecule has 0 bridgehead atoms. The lowest BCUT2D eigenvalue weighted by Gasteiger charge is -2.27. The van der Waals surface area contributed by atoms with Crippen molar-refractivity contribution in [3.05, 3.63) is 23.8 Å². The summed E-state index contributed by atoms with van der Waals surface area (Å²) in [6.07, 6.45) is 4.79. The van der Waals surface area contributed by atoms with Crippen molar-refractivity contribution in [2.75, 3.05) is 11.5 Å². The molecule has 8 nitrogen and oxygen atoms in total. The van der Waals surface area contributed by atoms with E-state index in [0.29, 0.717) is 0 Å². The molecule has 3 rings (SSSR count). The summed E-state index contributed by atoms with van der Waals surface area (Å²) < 4.78 is 43.9. The SMILES string of the molecule is C1CC1.CC1C(NC(=O)OC(C)(C)C)=NC(c2cc(N)cnc2F)CS1(=O)=O. The van der Waals surface area contributed by atoms with Gasteiger partial charge in [-0.25, -0.2) is 18.2 Å². The molecule has 1 fully saturated rings. The number of anilines is 1. The molecular formula is C18H27FN4O4S. The summed E-state index contributed by atoms with van der Waals surface area (Å²) in [4.78, 5) is 19.6. The highest BCUT2D eigenvalue weighted by atomic mass is 32.2. The van der Waals surface area contributed by atoms with E-state index >= 15 is 0 Å². The minimum atomic E-state index is -3.66. The third-order valence-electron chi connectivity index (χ3n) is 3.84. The van der Waals surface area contributed by atoms with E-state index in [1.807, 2.05) is 0 Å². The van der Waals surface area contributed by atoms with Gasteiger partial charge in [-0.2, -0.15) is 4.39 Å². The monoisotopic (exact) mass is 414 g/mol. The predicted molar refractivity (Wildman–Crippen MR) is 105 cm³/mol. The van der Waals surface area contributed by atoms with Crippen LogP contribution in [0.3, 0.4) is 0 Å². The van der Waals surface area contributed by atoms with Crippen LogP contribution in [0.4, 0.5) is 14.9 Å². The van der Waals surface area contributed by atoms with Crippen molar-refractivity contribution in [1.29, 1.82) is 0 Å². The van der Waals surface area contributed by atoms with Gasteiger partial charge in [0.15, 0.2) is 9.84 Å². The second-order valence-electron chi connectivity index (χ2n) is 7.84. The van der Waals surface area contributed by atoms with E-state index in [0.717, 1.165) is 6.20 Å². The first-order valence-corrected chi connectivity index (χ1v) is 10.8. The van der Waals surface area contributed by atoms with Crippen LogP contribution in [-0.4, -0.2) is 41.9 Å². The number of amidine groups is 1. The number of carbonyl (C=O) groups is 1. The zero-order valence-electron chi connectivity index (χ0n) is 16.5. The Hall–Kier alpha value is -2.23.